The highest BCUT2D eigenvalue weighted by Crippen LogP contribution is 2.17. The van der Waals surface area contributed by atoms with Crippen molar-refractivity contribution < 1.29 is 24.0 Å². The van der Waals surface area contributed by atoms with Gasteiger partial charge in [-0.05, 0) is 30.5 Å². The quantitative estimate of drug-likeness (QED) is 0.698. The summed E-state index contributed by atoms with van der Waals surface area (Å²) < 4.78 is 10.5. The Morgan fingerprint density at radius 1 is 1.22 bits per heavy atom. The summed E-state index contributed by atoms with van der Waals surface area (Å²) in [7, 11) is 0. The number of carbonyl (C=O) groups excluding carboxylic acids is 2. The van der Waals surface area contributed by atoms with Crippen LogP contribution in [0.5, 0.6) is 0 Å². The number of hydrogen-bond acceptors (Lipinski definition) is 5. The number of esters is 1. The first-order chi connectivity index (χ1) is 13.1. The Labute approximate surface area is 163 Å². The van der Waals surface area contributed by atoms with E-state index in [1.807, 2.05) is 36.6 Å². The van der Waals surface area contributed by atoms with Crippen LogP contribution < -0.4 is 10.2 Å². The van der Waals surface area contributed by atoms with Gasteiger partial charge in [0.25, 0.3) is 5.91 Å². The van der Waals surface area contributed by atoms with Crippen LogP contribution in [-0.2, 0) is 20.8 Å². The maximum absolute atomic E-state index is 12.1. The summed E-state index contributed by atoms with van der Waals surface area (Å²) in [5, 5.41) is 4.79. The Hall–Kier alpha value is -2.22. The minimum atomic E-state index is -0.487. The highest BCUT2D eigenvalue weighted by molar-refractivity contribution is 7.10. The molecular weight excluding hydrogens is 364 g/mol. The van der Waals surface area contributed by atoms with Gasteiger partial charge in [-0.1, -0.05) is 18.2 Å². The Morgan fingerprint density at radius 3 is 2.63 bits per heavy atom. The van der Waals surface area contributed by atoms with Crippen molar-refractivity contribution in [3.8, 4) is 0 Å². The Morgan fingerprint density at radius 2 is 1.96 bits per heavy atom. The van der Waals surface area contributed by atoms with Crippen molar-refractivity contribution in [2.45, 2.75) is 19.5 Å². The molecule has 2 N–H and O–H groups in total. The largest absolute Gasteiger partial charge is 0.452 e. The zero-order valence-corrected chi connectivity index (χ0v) is 16.2. The van der Waals surface area contributed by atoms with Gasteiger partial charge in [0.2, 0.25) is 0 Å². The van der Waals surface area contributed by atoms with E-state index in [2.05, 4.69) is 5.32 Å². The highest BCUT2D eigenvalue weighted by atomic mass is 32.1. The van der Waals surface area contributed by atoms with Crippen LogP contribution in [0.25, 0.3) is 0 Å². The first-order valence-corrected chi connectivity index (χ1v) is 10.00. The van der Waals surface area contributed by atoms with Gasteiger partial charge in [0.1, 0.15) is 19.6 Å². The molecule has 0 spiro atoms. The van der Waals surface area contributed by atoms with Crippen molar-refractivity contribution in [1.82, 2.24) is 5.32 Å². The lowest BCUT2D eigenvalue weighted by Gasteiger charge is -2.23. The first kappa shape index (κ1) is 19.5. The number of amides is 1. The van der Waals surface area contributed by atoms with Gasteiger partial charge in [0, 0.05) is 10.4 Å². The van der Waals surface area contributed by atoms with Crippen LogP contribution in [0.2, 0.25) is 0 Å². The molecule has 144 valence electrons. The maximum atomic E-state index is 12.1. The Bertz CT molecular complexity index is 740. The van der Waals surface area contributed by atoms with E-state index in [0.717, 1.165) is 37.7 Å². The van der Waals surface area contributed by atoms with E-state index in [9.17, 15) is 9.59 Å². The molecule has 1 fully saturated rings. The summed E-state index contributed by atoms with van der Waals surface area (Å²) in [6.07, 6.45) is 0. The molecule has 1 aromatic carbocycles. The van der Waals surface area contributed by atoms with Crippen molar-refractivity contribution in [2.24, 2.45) is 0 Å². The molecule has 1 aliphatic heterocycles. The van der Waals surface area contributed by atoms with Crippen LogP contribution in [0.4, 0.5) is 0 Å². The second-order valence-electron chi connectivity index (χ2n) is 6.62. The lowest BCUT2D eigenvalue weighted by molar-refractivity contribution is -0.921. The minimum Gasteiger partial charge on any atom is -0.452 e. The molecule has 0 aliphatic carbocycles. The second-order valence-corrected chi connectivity index (χ2v) is 7.60. The topological polar surface area (TPSA) is 69.1 Å². The van der Waals surface area contributed by atoms with E-state index in [1.54, 1.807) is 23.5 Å². The monoisotopic (exact) mass is 389 g/mol. The lowest BCUT2D eigenvalue weighted by atomic mass is 10.1. The van der Waals surface area contributed by atoms with E-state index >= 15 is 0 Å². The normalized spacial score (nSPS) is 15.9. The van der Waals surface area contributed by atoms with E-state index in [-0.39, 0.29) is 18.6 Å². The highest BCUT2D eigenvalue weighted by Gasteiger charge is 2.16. The molecule has 2 aromatic rings. The van der Waals surface area contributed by atoms with Crippen LogP contribution in [0.1, 0.15) is 33.8 Å². The standard InChI is InChI=1S/C20H24N2O4S/c1-15(18-3-2-12-27-18)21-19(23)14-26-20(24)17-6-4-16(5-7-17)13-22-8-10-25-11-9-22/h2-7,12,15H,8-11,13-14H2,1H3,(H,21,23)/p+1/t15-/m1/s1. The van der Waals surface area contributed by atoms with Gasteiger partial charge in [-0.25, -0.2) is 4.79 Å². The lowest BCUT2D eigenvalue weighted by Crippen LogP contribution is -3.12. The molecule has 0 unspecified atom stereocenters. The fourth-order valence-electron chi connectivity index (χ4n) is 2.99. The number of rotatable bonds is 7. The van der Waals surface area contributed by atoms with Crippen molar-refractivity contribution in [3.05, 3.63) is 57.8 Å². The zero-order valence-electron chi connectivity index (χ0n) is 15.4. The molecule has 2 heterocycles. The van der Waals surface area contributed by atoms with Crippen molar-refractivity contribution in [2.75, 3.05) is 32.9 Å². The molecule has 7 heteroatoms. The molecule has 1 aliphatic rings. The van der Waals surface area contributed by atoms with Gasteiger partial charge in [0.05, 0.1) is 24.8 Å². The predicted octanol–water partition coefficient (Wildman–Crippen LogP) is 1.20. The summed E-state index contributed by atoms with van der Waals surface area (Å²) in [5.41, 5.74) is 1.63. The molecule has 0 saturated carbocycles. The Kier molecular flexibility index (Phi) is 6.98. The van der Waals surface area contributed by atoms with Crippen molar-refractivity contribution >= 4 is 23.2 Å². The van der Waals surface area contributed by atoms with Gasteiger partial charge in [0.15, 0.2) is 6.61 Å². The number of carbonyl (C=O) groups is 2. The zero-order chi connectivity index (χ0) is 19.1. The van der Waals surface area contributed by atoms with Crippen LogP contribution >= 0.6 is 11.3 Å². The molecule has 0 radical (unpaired) electrons. The van der Waals surface area contributed by atoms with Gasteiger partial charge in [-0.3, -0.25) is 4.79 Å². The molecule has 1 saturated heterocycles. The smallest absolute Gasteiger partial charge is 0.338 e. The number of quaternary nitrogens is 1. The number of morpholine rings is 1. The van der Waals surface area contributed by atoms with E-state index in [1.165, 1.54) is 10.5 Å². The second kappa shape index (κ2) is 9.64. The van der Waals surface area contributed by atoms with E-state index in [4.69, 9.17) is 9.47 Å². The molecular formula is C20H25N2O4S+. The molecule has 1 atom stereocenters. The Balaban J connectivity index is 1.44. The van der Waals surface area contributed by atoms with Gasteiger partial charge in [-0.15, -0.1) is 11.3 Å². The van der Waals surface area contributed by atoms with Crippen molar-refractivity contribution in [1.29, 1.82) is 0 Å². The summed E-state index contributed by atoms with van der Waals surface area (Å²) in [6.45, 7) is 6.14. The number of benzene rings is 1. The van der Waals surface area contributed by atoms with Gasteiger partial charge >= 0.3 is 5.97 Å². The molecule has 1 aromatic heterocycles. The molecule has 0 bridgehead atoms. The van der Waals surface area contributed by atoms with Crippen LogP contribution in [-0.4, -0.2) is 44.8 Å². The van der Waals surface area contributed by atoms with Crippen LogP contribution in [0.3, 0.4) is 0 Å². The summed E-state index contributed by atoms with van der Waals surface area (Å²) >= 11 is 1.58. The SMILES string of the molecule is C[C@@H](NC(=O)COC(=O)c1ccc(C[NH+]2CCOCC2)cc1)c1cccs1. The third-order valence-corrected chi connectivity index (χ3v) is 5.58. The third kappa shape index (κ3) is 5.89. The summed E-state index contributed by atoms with van der Waals surface area (Å²) in [4.78, 5) is 26.6. The predicted molar refractivity (Wildman–Crippen MR) is 103 cm³/mol. The van der Waals surface area contributed by atoms with E-state index in [0.29, 0.717) is 5.56 Å². The number of ether oxygens (including phenoxy) is 2. The molecule has 27 heavy (non-hydrogen) atoms. The van der Waals surface area contributed by atoms with Gasteiger partial charge in [-0.2, -0.15) is 0 Å². The fraction of sp³-hybridized carbons (Fsp3) is 0.400. The third-order valence-electron chi connectivity index (χ3n) is 4.53. The van der Waals surface area contributed by atoms with Gasteiger partial charge < -0.3 is 19.7 Å². The number of thiophene rings is 1. The molecule has 1 amide bonds. The van der Waals surface area contributed by atoms with Crippen LogP contribution in [0, 0.1) is 0 Å². The van der Waals surface area contributed by atoms with Crippen LogP contribution in [0.15, 0.2) is 41.8 Å². The molecule has 6 nitrogen and oxygen atoms in total. The average Bonchev–Trinajstić information content (AvgIpc) is 3.22. The number of hydrogen-bond donors (Lipinski definition) is 2. The maximum Gasteiger partial charge on any atom is 0.338 e. The minimum absolute atomic E-state index is 0.0989. The summed E-state index contributed by atoms with van der Waals surface area (Å²) in [6, 6.07) is 11.2. The molecule has 3 rings (SSSR count). The average molecular weight is 389 g/mol. The number of nitrogens with one attached hydrogen (secondary N) is 2. The summed E-state index contributed by atoms with van der Waals surface area (Å²) in [5.74, 6) is -0.795. The van der Waals surface area contributed by atoms with E-state index < -0.39 is 5.97 Å². The fourth-order valence-corrected chi connectivity index (χ4v) is 3.73. The first-order valence-electron chi connectivity index (χ1n) is 9.12. The van der Waals surface area contributed by atoms with Crippen molar-refractivity contribution in [3.63, 3.8) is 0 Å².